The zero-order valence-electron chi connectivity index (χ0n) is 40.7. The quantitative estimate of drug-likeness (QED) is 0.143. The number of nitrogens with zero attached hydrogens (tertiary/aromatic N) is 4. The number of hydrogen-bond donors (Lipinski definition) is 0. The molecule has 2 heterocycles. The first-order chi connectivity index (χ1) is 36.1. The van der Waals surface area contributed by atoms with Crippen LogP contribution in [0.15, 0.2) is 267 Å². The molecule has 2 aliphatic rings. The summed E-state index contributed by atoms with van der Waals surface area (Å²) in [4.78, 5) is 4.92. The Bertz CT molecular complexity index is 4250. The van der Waals surface area contributed by atoms with Crippen molar-refractivity contribution in [2.45, 2.75) is 31.6 Å². The average molecular weight is 937 g/mol. The van der Waals surface area contributed by atoms with Gasteiger partial charge in [0.2, 0.25) is 0 Å². The molecule has 0 amide bonds. The summed E-state index contributed by atoms with van der Waals surface area (Å²) in [6.45, 7) is 2.38. The van der Waals surface area contributed by atoms with E-state index in [0.717, 1.165) is 59.1 Å². The molecule has 73 heavy (non-hydrogen) atoms. The van der Waals surface area contributed by atoms with Gasteiger partial charge in [-0.1, -0.05) is 171 Å². The summed E-state index contributed by atoms with van der Waals surface area (Å²) >= 11 is 0. The van der Waals surface area contributed by atoms with Crippen LogP contribution in [0.5, 0.6) is 0 Å². The molecule has 1 unspecified atom stereocenters. The largest absolute Gasteiger partial charge is 0.313 e. The highest BCUT2D eigenvalue weighted by atomic mass is 15.2. The van der Waals surface area contributed by atoms with Gasteiger partial charge in [0.05, 0.1) is 33.4 Å². The third-order valence-corrected chi connectivity index (χ3v) is 15.5. The number of rotatable bonds is 9. The van der Waals surface area contributed by atoms with Crippen molar-refractivity contribution in [1.82, 2.24) is 9.13 Å². The van der Waals surface area contributed by atoms with Gasteiger partial charge in [0.1, 0.15) is 0 Å². The molecule has 2 aliphatic carbocycles. The highest BCUT2D eigenvalue weighted by molar-refractivity contribution is 6.13. The van der Waals surface area contributed by atoms with Crippen LogP contribution in [0.1, 0.15) is 31.7 Å². The Morgan fingerprint density at radius 3 is 1.58 bits per heavy atom. The van der Waals surface area contributed by atoms with Gasteiger partial charge in [0, 0.05) is 71.9 Å². The van der Waals surface area contributed by atoms with Crippen LogP contribution in [-0.4, -0.2) is 9.13 Å². The van der Waals surface area contributed by atoms with Gasteiger partial charge in [-0.2, -0.15) is 0 Å². The first-order valence-electron chi connectivity index (χ1n) is 25.6. The third kappa shape index (κ3) is 7.12. The van der Waals surface area contributed by atoms with Crippen molar-refractivity contribution in [3.8, 4) is 5.69 Å². The minimum atomic E-state index is -0.229. The Labute approximate surface area is 425 Å². The molecule has 0 fully saturated rings. The summed E-state index contributed by atoms with van der Waals surface area (Å²) in [6, 6.07) is 82.6. The molecule has 0 radical (unpaired) electrons. The summed E-state index contributed by atoms with van der Waals surface area (Å²) in [5, 5.41) is 9.86. The van der Waals surface area contributed by atoms with Crippen LogP contribution in [0.3, 0.4) is 0 Å². The molecule has 348 valence electrons. The molecule has 4 heteroatoms. The summed E-state index contributed by atoms with van der Waals surface area (Å²) in [5.74, 6) is 0. The second-order valence-electron chi connectivity index (χ2n) is 19.9. The van der Waals surface area contributed by atoms with Crippen LogP contribution in [0.4, 0.5) is 28.4 Å². The minimum absolute atomic E-state index is 0.229. The van der Waals surface area contributed by atoms with E-state index in [1.165, 1.54) is 76.4 Å². The van der Waals surface area contributed by atoms with Crippen LogP contribution in [-0.2, 0) is 5.41 Å². The number of anilines is 5. The molecule has 0 saturated carbocycles. The van der Waals surface area contributed by atoms with Crippen molar-refractivity contribution in [3.63, 3.8) is 0 Å². The van der Waals surface area contributed by atoms with Crippen molar-refractivity contribution in [2.24, 2.45) is 0 Å². The third-order valence-electron chi connectivity index (χ3n) is 15.5. The predicted octanol–water partition coefficient (Wildman–Crippen LogP) is 18.8. The molecule has 0 saturated heterocycles. The minimum Gasteiger partial charge on any atom is -0.313 e. The topological polar surface area (TPSA) is 16.3 Å². The standard InChI is InChI=1S/C69H52N4/c1-69(44-42-54(43-45-69)71(64-33-17-21-49-19-9-11-27-58(49)64)56-39-41-68-62(47-56)60-29-13-15-31-66(60)73(68)52-24-6-3-7-25-52)50-34-36-53(37-35-50)70(63-32-16-20-48-18-8-10-26-57(48)63)55-38-40-67-61(46-55)59-28-12-14-30-65(59)72(67)51-22-4-2-5-23-51/h2-4,6-22,24-44,46-47H,5,23,45H2,1H3. The van der Waals surface area contributed by atoms with E-state index in [1.807, 2.05) is 0 Å². The van der Waals surface area contributed by atoms with E-state index in [1.54, 1.807) is 0 Å². The molecule has 0 aliphatic heterocycles. The maximum Gasteiger partial charge on any atom is 0.0542 e. The van der Waals surface area contributed by atoms with Gasteiger partial charge in [0.25, 0.3) is 0 Å². The van der Waals surface area contributed by atoms with Gasteiger partial charge in [-0.3, -0.25) is 0 Å². The lowest BCUT2D eigenvalue weighted by atomic mass is 9.76. The highest BCUT2D eigenvalue weighted by Gasteiger charge is 2.29. The molecule has 10 aromatic carbocycles. The lowest BCUT2D eigenvalue weighted by Gasteiger charge is -2.34. The number of para-hydroxylation sites is 3. The van der Waals surface area contributed by atoms with Crippen LogP contribution >= 0.6 is 0 Å². The van der Waals surface area contributed by atoms with Crippen molar-refractivity contribution in [1.29, 1.82) is 0 Å². The summed E-state index contributed by atoms with van der Waals surface area (Å²) in [6.07, 6.45) is 16.9. The van der Waals surface area contributed by atoms with E-state index in [0.29, 0.717) is 0 Å². The van der Waals surface area contributed by atoms with E-state index in [2.05, 4.69) is 287 Å². The van der Waals surface area contributed by atoms with E-state index >= 15 is 0 Å². The van der Waals surface area contributed by atoms with Crippen molar-refractivity contribution in [2.75, 3.05) is 9.80 Å². The Kier molecular flexibility index (Phi) is 10.1. The van der Waals surface area contributed by atoms with Crippen molar-refractivity contribution in [3.05, 3.63) is 272 Å². The molecule has 2 aromatic heterocycles. The van der Waals surface area contributed by atoms with Gasteiger partial charge in [-0.25, -0.2) is 0 Å². The van der Waals surface area contributed by atoms with Crippen LogP contribution in [0, 0.1) is 0 Å². The summed E-state index contributed by atoms with van der Waals surface area (Å²) < 4.78 is 4.86. The van der Waals surface area contributed by atoms with Crippen LogP contribution in [0.2, 0.25) is 0 Å². The maximum absolute atomic E-state index is 2.47. The second kappa shape index (κ2) is 17.3. The number of hydrogen-bond acceptors (Lipinski definition) is 2. The number of aromatic nitrogens is 2. The first-order valence-corrected chi connectivity index (χ1v) is 25.6. The molecule has 1 atom stereocenters. The van der Waals surface area contributed by atoms with Crippen molar-refractivity contribution >= 4 is 99.3 Å². The number of benzene rings is 10. The SMILES string of the molecule is CC1(c2ccc(N(c3ccc4c(c3)c3ccccc3n4C3=CC=CCC3)c3cccc4ccccc34)cc2)C=CC(N(c2ccc3c(c2)c2ccccc2n3-c2ccccc2)c2cccc3ccccc23)=CC1. The fraction of sp³-hybridized carbons (Fsp3) is 0.0725. The molecule has 0 spiro atoms. The molecule has 14 rings (SSSR count). The predicted molar refractivity (Wildman–Crippen MR) is 310 cm³/mol. The number of allylic oxidation sites excluding steroid dienone is 7. The average Bonchev–Trinajstić information content (AvgIpc) is 3.97. The normalized spacial score (nSPS) is 15.7. The Morgan fingerprint density at radius 1 is 0.438 bits per heavy atom. The lowest BCUT2D eigenvalue weighted by Crippen LogP contribution is -2.24. The highest BCUT2D eigenvalue weighted by Crippen LogP contribution is 2.46. The zero-order chi connectivity index (χ0) is 48.5. The smallest absolute Gasteiger partial charge is 0.0542 e. The van der Waals surface area contributed by atoms with Gasteiger partial charge in [-0.15, -0.1) is 0 Å². The monoisotopic (exact) mass is 936 g/mol. The lowest BCUT2D eigenvalue weighted by molar-refractivity contribution is 0.595. The molecule has 0 N–H and O–H groups in total. The molecule has 12 aromatic rings. The molecular weight excluding hydrogens is 885 g/mol. The van der Waals surface area contributed by atoms with Crippen molar-refractivity contribution < 1.29 is 0 Å². The second-order valence-corrected chi connectivity index (χ2v) is 19.9. The van der Waals surface area contributed by atoms with E-state index < -0.39 is 0 Å². The Morgan fingerprint density at radius 2 is 0.959 bits per heavy atom. The fourth-order valence-corrected chi connectivity index (χ4v) is 11.9. The fourth-order valence-electron chi connectivity index (χ4n) is 11.9. The van der Waals surface area contributed by atoms with Gasteiger partial charge >= 0.3 is 0 Å². The first kappa shape index (κ1) is 42.7. The zero-order valence-corrected chi connectivity index (χ0v) is 40.7. The van der Waals surface area contributed by atoms with E-state index in [4.69, 9.17) is 0 Å². The van der Waals surface area contributed by atoms with Crippen LogP contribution < -0.4 is 9.80 Å². The van der Waals surface area contributed by atoms with Crippen LogP contribution in [0.25, 0.3) is 76.5 Å². The molecule has 0 bridgehead atoms. The van der Waals surface area contributed by atoms with Gasteiger partial charge < -0.3 is 18.9 Å². The Balaban J connectivity index is 0.852. The summed E-state index contributed by atoms with van der Waals surface area (Å²) in [7, 11) is 0. The van der Waals surface area contributed by atoms with E-state index in [9.17, 15) is 0 Å². The number of fused-ring (bicyclic) bond motifs is 8. The van der Waals surface area contributed by atoms with Gasteiger partial charge in [0.15, 0.2) is 0 Å². The van der Waals surface area contributed by atoms with E-state index in [-0.39, 0.29) is 5.41 Å². The Hall–Kier alpha value is -9.12. The molecule has 4 nitrogen and oxygen atoms in total. The van der Waals surface area contributed by atoms with Gasteiger partial charge in [-0.05, 0) is 133 Å². The molecular formula is C69H52N4. The summed E-state index contributed by atoms with van der Waals surface area (Å²) in [5.41, 5.74) is 15.3. The maximum atomic E-state index is 2.47.